The first-order valence-electron chi connectivity index (χ1n) is 6.32. The second-order valence-electron chi connectivity index (χ2n) is 6.18. The van der Waals surface area contributed by atoms with Gasteiger partial charge < -0.3 is 9.84 Å². The highest BCUT2D eigenvalue weighted by Gasteiger charge is 2.41. The summed E-state index contributed by atoms with van der Waals surface area (Å²) in [6, 6.07) is 0. The summed E-state index contributed by atoms with van der Waals surface area (Å²) in [7, 11) is 0. The Morgan fingerprint density at radius 2 is 1.93 bits per heavy atom. The summed E-state index contributed by atoms with van der Waals surface area (Å²) >= 11 is 0. The van der Waals surface area contributed by atoms with Gasteiger partial charge in [-0.25, -0.2) is 0 Å². The molecule has 15 heavy (non-hydrogen) atoms. The third-order valence-corrected chi connectivity index (χ3v) is 4.39. The standard InChI is InChI=1S/C13H24O2/c1-12(2)5-3-6-13(14,8-7-12)11-4-9-15-10-11/h11,14H,3-10H2,1-2H3. The van der Waals surface area contributed by atoms with E-state index in [0.29, 0.717) is 11.3 Å². The summed E-state index contributed by atoms with van der Waals surface area (Å²) in [5.41, 5.74) is -0.00574. The van der Waals surface area contributed by atoms with Gasteiger partial charge in [0.1, 0.15) is 0 Å². The zero-order chi connectivity index (χ0) is 10.9. The fourth-order valence-electron chi connectivity index (χ4n) is 3.04. The average Bonchev–Trinajstić information content (AvgIpc) is 2.64. The largest absolute Gasteiger partial charge is 0.390 e. The average molecular weight is 212 g/mol. The molecule has 2 aliphatic rings. The van der Waals surface area contributed by atoms with Gasteiger partial charge in [-0.1, -0.05) is 20.3 Å². The summed E-state index contributed by atoms with van der Waals surface area (Å²) in [4.78, 5) is 0. The minimum atomic E-state index is -0.426. The first-order valence-corrected chi connectivity index (χ1v) is 6.32. The van der Waals surface area contributed by atoms with E-state index < -0.39 is 5.60 Å². The van der Waals surface area contributed by atoms with E-state index in [1.807, 2.05) is 0 Å². The maximum Gasteiger partial charge on any atom is 0.0698 e. The van der Waals surface area contributed by atoms with E-state index >= 15 is 0 Å². The molecule has 0 bridgehead atoms. The molecule has 2 nitrogen and oxygen atoms in total. The molecular formula is C13H24O2. The fourth-order valence-corrected chi connectivity index (χ4v) is 3.04. The second kappa shape index (κ2) is 4.06. The summed E-state index contributed by atoms with van der Waals surface area (Å²) < 4.78 is 5.41. The smallest absolute Gasteiger partial charge is 0.0698 e. The molecule has 1 saturated heterocycles. The van der Waals surface area contributed by atoms with Crippen LogP contribution in [0.4, 0.5) is 0 Å². The van der Waals surface area contributed by atoms with E-state index in [4.69, 9.17) is 4.74 Å². The topological polar surface area (TPSA) is 29.5 Å². The number of hydrogen-bond acceptors (Lipinski definition) is 2. The van der Waals surface area contributed by atoms with E-state index in [9.17, 15) is 5.11 Å². The van der Waals surface area contributed by atoms with Crippen molar-refractivity contribution in [1.29, 1.82) is 0 Å². The molecule has 0 amide bonds. The van der Waals surface area contributed by atoms with Crippen LogP contribution in [-0.4, -0.2) is 23.9 Å². The molecule has 1 heterocycles. The predicted octanol–water partition coefficient (Wildman–Crippen LogP) is 2.74. The molecule has 88 valence electrons. The molecule has 2 rings (SSSR count). The van der Waals surface area contributed by atoms with E-state index in [1.54, 1.807) is 0 Å². The van der Waals surface area contributed by atoms with Crippen molar-refractivity contribution in [1.82, 2.24) is 0 Å². The summed E-state index contributed by atoms with van der Waals surface area (Å²) in [6.45, 7) is 6.26. The van der Waals surface area contributed by atoms with Crippen LogP contribution in [-0.2, 0) is 4.74 Å². The van der Waals surface area contributed by atoms with Gasteiger partial charge in [-0.15, -0.1) is 0 Å². The lowest BCUT2D eigenvalue weighted by atomic mass is 9.79. The summed E-state index contributed by atoms with van der Waals surface area (Å²) in [6.07, 6.45) is 6.57. The minimum Gasteiger partial charge on any atom is -0.390 e. The molecule has 1 N–H and O–H groups in total. The predicted molar refractivity (Wildman–Crippen MR) is 60.7 cm³/mol. The number of hydrogen-bond donors (Lipinski definition) is 1. The van der Waals surface area contributed by atoms with Gasteiger partial charge in [0.05, 0.1) is 12.2 Å². The molecule has 2 heteroatoms. The molecule has 2 atom stereocenters. The zero-order valence-electron chi connectivity index (χ0n) is 10.1. The van der Waals surface area contributed by atoms with Crippen molar-refractivity contribution in [3.63, 3.8) is 0 Å². The van der Waals surface area contributed by atoms with Gasteiger partial charge in [0.15, 0.2) is 0 Å². The van der Waals surface area contributed by atoms with Gasteiger partial charge in [-0.3, -0.25) is 0 Å². The quantitative estimate of drug-likeness (QED) is 0.677. The Morgan fingerprint density at radius 3 is 2.60 bits per heavy atom. The van der Waals surface area contributed by atoms with Crippen molar-refractivity contribution in [2.75, 3.05) is 13.2 Å². The van der Waals surface area contributed by atoms with Gasteiger partial charge in [0.25, 0.3) is 0 Å². The molecule has 0 aromatic heterocycles. The number of rotatable bonds is 1. The monoisotopic (exact) mass is 212 g/mol. The summed E-state index contributed by atoms with van der Waals surface area (Å²) in [5.74, 6) is 0.395. The van der Waals surface area contributed by atoms with Crippen LogP contribution in [0.3, 0.4) is 0 Å². The lowest BCUT2D eigenvalue weighted by molar-refractivity contribution is -0.0362. The van der Waals surface area contributed by atoms with Gasteiger partial charge >= 0.3 is 0 Å². The van der Waals surface area contributed by atoms with Crippen molar-refractivity contribution < 1.29 is 9.84 Å². The number of aliphatic hydroxyl groups is 1. The third-order valence-electron chi connectivity index (χ3n) is 4.39. The highest BCUT2D eigenvalue weighted by atomic mass is 16.5. The maximum atomic E-state index is 10.7. The van der Waals surface area contributed by atoms with Crippen LogP contribution < -0.4 is 0 Å². The van der Waals surface area contributed by atoms with Crippen LogP contribution in [0.25, 0.3) is 0 Å². The van der Waals surface area contributed by atoms with E-state index in [-0.39, 0.29) is 0 Å². The van der Waals surface area contributed by atoms with Crippen molar-refractivity contribution in [2.45, 2.75) is 58.0 Å². The van der Waals surface area contributed by atoms with Crippen molar-refractivity contribution in [2.24, 2.45) is 11.3 Å². The number of ether oxygens (including phenoxy) is 1. The Kier molecular flexibility index (Phi) is 3.09. The highest BCUT2D eigenvalue weighted by molar-refractivity contribution is 4.92. The Balaban J connectivity index is 2.02. The van der Waals surface area contributed by atoms with Crippen LogP contribution >= 0.6 is 0 Å². The lowest BCUT2D eigenvalue weighted by Gasteiger charge is -2.32. The van der Waals surface area contributed by atoms with Crippen molar-refractivity contribution >= 4 is 0 Å². The minimum absolute atomic E-state index is 0.395. The van der Waals surface area contributed by atoms with E-state index in [1.165, 1.54) is 12.8 Å². The van der Waals surface area contributed by atoms with Gasteiger partial charge in [0, 0.05) is 12.5 Å². The molecule has 1 aliphatic carbocycles. The zero-order valence-corrected chi connectivity index (χ0v) is 10.1. The van der Waals surface area contributed by atoms with E-state index in [0.717, 1.165) is 38.9 Å². The molecule has 0 radical (unpaired) electrons. The van der Waals surface area contributed by atoms with E-state index in [2.05, 4.69) is 13.8 Å². The Bertz CT molecular complexity index is 219. The summed E-state index contributed by atoms with van der Waals surface area (Å²) in [5, 5.41) is 10.7. The second-order valence-corrected chi connectivity index (χ2v) is 6.18. The molecule has 0 aromatic carbocycles. The Labute approximate surface area is 93.0 Å². The maximum absolute atomic E-state index is 10.7. The van der Waals surface area contributed by atoms with Gasteiger partial charge in [0.2, 0.25) is 0 Å². The van der Waals surface area contributed by atoms with Crippen molar-refractivity contribution in [3.05, 3.63) is 0 Å². The lowest BCUT2D eigenvalue weighted by Crippen LogP contribution is -2.38. The first kappa shape index (κ1) is 11.4. The molecule has 0 spiro atoms. The van der Waals surface area contributed by atoms with Crippen LogP contribution in [0.2, 0.25) is 0 Å². The Morgan fingerprint density at radius 1 is 1.13 bits per heavy atom. The molecule has 0 aromatic rings. The molecule has 1 saturated carbocycles. The highest BCUT2D eigenvalue weighted by Crippen LogP contribution is 2.42. The molecule has 2 unspecified atom stereocenters. The fraction of sp³-hybridized carbons (Fsp3) is 1.00. The first-order chi connectivity index (χ1) is 7.02. The van der Waals surface area contributed by atoms with Crippen LogP contribution in [0.5, 0.6) is 0 Å². The Hall–Kier alpha value is -0.0800. The normalized spacial score (nSPS) is 41.4. The third kappa shape index (κ3) is 2.54. The van der Waals surface area contributed by atoms with Crippen LogP contribution in [0, 0.1) is 11.3 Å². The molecule has 1 aliphatic heterocycles. The SMILES string of the molecule is CC1(C)CCCC(O)(C2CCOC2)CC1. The molecule has 2 fully saturated rings. The van der Waals surface area contributed by atoms with Crippen LogP contribution in [0.1, 0.15) is 52.4 Å². The van der Waals surface area contributed by atoms with Crippen LogP contribution in [0.15, 0.2) is 0 Å². The van der Waals surface area contributed by atoms with Gasteiger partial charge in [-0.2, -0.15) is 0 Å². The van der Waals surface area contributed by atoms with Gasteiger partial charge in [-0.05, 0) is 37.5 Å². The molecular weight excluding hydrogens is 188 g/mol. The van der Waals surface area contributed by atoms with Crippen molar-refractivity contribution in [3.8, 4) is 0 Å².